The van der Waals surface area contributed by atoms with Gasteiger partial charge in [-0.3, -0.25) is 14.4 Å². The number of nitrogens with one attached hydrogen (secondary N) is 4. The largest absolute Gasteiger partial charge is 0.481 e. The zero-order chi connectivity index (χ0) is 31.3. The molecule has 228 valence electrons. The average molecular weight is 589 g/mol. The smallest absolute Gasteiger partial charge is 0.326 e. The number of carbonyl (C=O) groups excluding carboxylic acids is 2. The van der Waals surface area contributed by atoms with Crippen LogP contribution in [0.4, 0.5) is 0 Å². The van der Waals surface area contributed by atoms with E-state index in [9.17, 15) is 29.4 Å². The summed E-state index contributed by atoms with van der Waals surface area (Å²) in [5.41, 5.74) is 10.5. The first-order valence-electron chi connectivity index (χ1n) is 14.9. The molecule has 0 radical (unpaired) electrons. The Kier molecular flexibility index (Phi) is 7.98. The van der Waals surface area contributed by atoms with E-state index in [0.717, 1.165) is 45.8 Å². The van der Waals surface area contributed by atoms with Gasteiger partial charge in [-0.1, -0.05) is 26.5 Å². The summed E-state index contributed by atoms with van der Waals surface area (Å²) in [7, 11) is 0. The fourth-order valence-electron chi connectivity index (χ4n) is 7.32. The standard InChI is InChI=1S/C33H40N4O6/c1-7-18-14(3)22(12-25-19(8-2)16(5)32(41)36-25)34-24(18)13-23-17(6)28-26(38)11-21(31(28)35-23)30-20(9-10-27(39)40)15(4)29(37-30)33(42)43/h8,15,20,25,29,34-35,37H,2,7,9-13H2,1,3-6H3,(H,36,41)(H,39,40)(H,42,43)/b30-21-. The Bertz CT molecular complexity index is 1620. The molecule has 0 spiro atoms. The lowest BCUT2D eigenvalue weighted by Gasteiger charge is -2.17. The molecule has 10 nitrogen and oxygen atoms in total. The molecule has 1 fully saturated rings. The summed E-state index contributed by atoms with van der Waals surface area (Å²) in [5, 5.41) is 25.3. The maximum atomic E-state index is 13.3. The van der Waals surface area contributed by atoms with Gasteiger partial charge < -0.3 is 30.8 Å². The Morgan fingerprint density at radius 3 is 2.37 bits per heavy atom. The number of ketones is 1. The van der Waals surface area contributed by atoms with Crippen molar-refractivity contribution in [1.82, 2.24) is 20.6 Å². The van der Waals surface area contributed by atoms with Crippen molar-refractivity contribution in [1.29, 1.82) is 0 Å². The highest BCUT2D eigenvalue weighted by Gasteiger charge is 2.44. The number of carboxylic acids is 2. The lowest BCUT2D eigenvalue weighted by molar-refractivity contribution is -0.140. The predicted molar refractivity (Wildman–Crippen MR) is 162 cm³/mol. The van der Waals surface area contributed by atoms with E-state index in [0.29, 0.717) is 35.4 Å². The quantitative estimate of drug-likeness (QED) is 0.243. The highest BCUT2D eigenvalue weighted by Crippen LogP contribution is 2.44. The third-order valence-corrected chi connectivity index (χ3v) is 9.74. The molecule has 4 unspecified atom stereocenters. The zero-order valence-electron chi connectivity index (χ0n) is 25.4. The molecular weight excluding hydrogens is 548 g/mol. The second kappa shape index (κ2) is 11.4. The Morgan fingerprint density at radius 2 is 1.74 bits per heavy atom. The van der Waals surface area contributed by atoms with E-state index in [1.807, 2.05) is 20.8 Å². The number of hydrogen-bond acceptors (Lipinski definition) is 5. The molecule has 1 saturated heterocycles. The highest BCUT2D eigenvalue weighted by atomic mass is 16.4. The normalized spacial score (nSPS) is 24.9. The summed E-state index contributed by atoms with van der Waals surface area (Å²) < 4.78 is 0. The zero-order valence-corrected chi connectivity index (χ0v) is 25.4. The molecule has 0 saturated carbocycles. The van der Waals surface area contributed by atoms with Gasteiger partial charge in [-0.15, -0.1) is 0 Å². The SMILES string of the molecule is C=CC1=C(C)C(=O)NC1Cc1[nH]c(Cc2[nH]c3c(c2C)C(=O)C/C3=C2/NC(C(=O)O)C(C)C2CCC(=O)O)c(CC)c1C. The molecular formula is C33H40N4O6. The van der Waals surface area contributed by atoms with E-state index in [-0.39, 0.29) is 48.8 Å². The molecule has 6 N–H and O–H groups in total. The number of amides is 1. The molecule has 3 aliphatic rings. The average Bonchev–Trinajstić information content (AvgIpc) is 3.69. The van der Waals surface area contributed by atoms with Gasteiger partial charge in [-0.05, 0) is 61.8 Å². The van der Waals surface area contributed by atoms with Crippen molar-refractivity contribution >= 4 is 29.2 Å². The van der Waals surface area contributed by atoms with Crippen molar-refractivity contribution < 1.29 is 29.4 Å². The molecule has 1 amide bonds. The molecule has 4 atom stereocenters. The van der Waals surface area contributed by atoms with Crippen molar-refractivity contribution in [3.63, 3.8) is 0 Å². The first-order chi connectivity index (χ1) is 20.4. The summed E-state index contributed by atoms with van der Waals surface area (Å²) in [6.07, 6.45) is 4.07. The summed E-state index contributed by atoms with van der Waals surface area (Å²) in [6.45, 7) is 13.7. The first-order valence-corrected chi connectivity index (χ1v) is 14.9. The fourth-order valence-corrected chi connectivity index (χ4v) is 7.32. The Morgan fingerprint density at radius 1 is 1.02 bits per heavy atom. The minimum atomic E-state index is -0.996. The molecule has 2 aromatic heterocycles. The van der Waals surface area contributed by atoms with Crippen molar-refractivity contribution in [3.05, 3.63) is 74.5 Å². The maximum Gasteiger partial charge on any atom is 0.326 e. The number of H-pyrrole nitrogens is 2. The molecule has 0 aromatic carbocycles. The molecule has 10 heteroatoms. The van der Waals surface area contributed by atoms with Gasteiger partial charge in [0.25, 0.3) is 0 Å². The van der Waals surface area contributed by atoms with Crippen LogP contribution in [0.15, 0.2) is 29.5 Å². The lowest BCUT2D eigenvalue weighted by Crippen LogP contribution is -2.34. The van der Waals surface area contributed by atoms with Crippen LogP contribution in [-0.2, 0) is 33.6 Å². The van der Waals surface area contributed by atoms with Crippen LogP contribution >= 0.6 is 0 Å². The van der Waals surface area contributed by atoms with E-state index >= 15 is 0 Å². The van der Waals surface area contributed by atoms with Gasteiger partial charge in [0.2, 0.25) is 5.91 Å². The second-order valence-electron chi connectivity index (χ2n) is 12.1. The van der Waals surface area contributed by atoms with Crippen molar-refractivity contribution in [3.8, 4) is 0 Å². The van der Waals surface area contributed by atoms with Crippen molar-refractivity contribution in [2.24, 2.45) is 11.8 Å². The monoisotopic (exact) mass is 588 g/mol. The highest BCUT2D eigenvalue weighted by molar-refractivity contribution is 6.13. The number of allylic oxidation sites excluding steroid dienone is 2. The van der Waals surface area contributed by atoms with Gasteiger partial charge in [0.05, 0.1) is 11.7 Å². The molecule has 0 bridgehead atoms. The van der Waals surface area contributed by atoms with Gasteiger partial charge in [0.15, 0.2) is 5.78 Å². The fraction of sp³-hybridized carbons (Fsp3) is 0.455. The minimum Gasteiger partial charge on any atom is -0.481 e. The molecule has 2 aromatic rings. The van der Waals surface area contributed by atoms with Crippen LogP contribution < -0.4 is 10.6 Å². The third kappa shape index (κ3) is 5.13. The molecule has 1 aliphatic carbocycles. The van der Waals surface area contributed by atoms with Crippen LogP contribution in [0, 0.1) is 25.7 Å². The van der Waals surface area contributed by atoms with Gasteiger partial charge >= 0.3 is 11.9 Å². The number of carbonyl (C=O) groups is 4. The number of rotatable bonds is 10. The second-order valence-corrected chi connectivity index (χ2v) is 12.1. The number of aliphatic carboxylic acids is 2. The van der Waals surface area contributed by atoms with Crippen LogP contribution in [0.2, 0.25) is 0 Å². The Labute approximate surface area is 250 Å². The maximum absolute atomic E-state index is 13.3. The third-order valence-electron chi connectivity index (χ3n) is 9.74. The van der Waals surface area contributed by atoms with Crippen LogP contribution in [0.25, 0.3) is 5.57 Å². The van der Waals surface area contributed by atoms with Gasteiger partial charge in [0, 0.05) is 71.1 Å². The summed E-state index contributed by atoms with van der Waals surface area (Å²) in [6, 6.07) is -0.999. The molecule has 2 aliphatic heterocycles. The van der Waals surface area contributed by atoms with E-state index in [1.165, 1.54) is 5.56 Å². The van der Waals surface area contributed by atoms with E-state index in [1.54, 1.807) is 6.08 Å². The summed E-state index contributed by atoms with van der Waals surface area (Å²) in [4.78, 5) is 56.1. The number of hydrogen-bond donors (Lipinski definition) is 6. The minimum absolute atomic E-state index is 0.0298. The number of fused-ring (bicyclic) bond motifs is 1. The number of Topliss-reactive ketones (excluding diaryl/α,β-unsaturated/α-hetero) is 1. The molecule has 4 heterocycles. The first kappa shape index (κ1) is 30.1. The van der Waals surface area contributed by atoms with Gasteiger partial charge in [0.1, 0.15) is 6.04 Å². The Hall–Kier alpha value is -4.34. The van der Waals surface area contributed by atoms with Crippen LogP contribution in [0.5, 0.6) is 0 Å². The topological polar surface area (TPSA) is 164 Å². The van der Waals surface area contributed by atoms with Crippen LogP contribution in [0.1, 0.15) is 89.9 Å². The Balaban J connectivity index is 1.49. The lowest BCUT2D eigenvalue weighted by atomic mass is 9.85. The summed E-state index contributed by atoms with van der Waals surface area (Å²) >= 11 is 0. The number of aromatic amines is 2. The predicted octanol–water partition coefficient (Wildman–Crippen LogP) is 4.13. The number of carboxylic acid groups (broad SMARTS) is 2. The van der Waals surface area contributed by atoms with E-state index < -0.39 is 18.0 Å². The molecule has 43 heavy (non-hydrogen) atoms. The van der Waals surface area contributed by atoms with Crippen molar-refractivity contribution in [2.75, 3.05) is 0 Å². The number of aromatic nitrogens is 2. The van der Waals surface area contributed by atoms with E-state index in [4.69, 9.17) is 0 Å². The van der Waals surface area contributed by atoms with E-state index in [2.05, 4.69) is 41.0 Å². The molecule has 5 rings (SSSR count). The van der Waals surface area contributed by atoms with Crippen molar-refractivity contribution in [2.45, 2.75) is 85.2 Å². The summed E-state index contributed by atoms with van der Waals surface area (Å²) in [5.74, 6) is -2.68. The van der Waals surface area contributed by atoms with Crippen LogP contribution in [0.3, 0.4) is 0 Å². The van der Waals surface area contributed by atoms with Gasteiger partial charge in [-0.25, -0.2) is 4.79 Å². The van der Waals surface area contributed by atoms with Gasteiger partial charge in [-0.2, -0.15) is 0 Å². The van der Waals surface area contributed by atoms with Crippen LogP contribution in [-0.4, -0.2) is 55.9 Å².